The van der Waals surface area contributed by atoms with Crippen LogP contribution in [0.1, 0.15) is 31.2 Å². The van der Waals surface area contributed by atoms with Gasteiger partial charge in [0, 0.05) is 6.54 Å². The fourth-order valence-electron chi connectivity index (χ4n) is 2.82. The molecular formula is C17H26N2O. The van der Waals surface area contributed by atoms with E-state index in [1.54, 1.807) is 0 Å². The smallest absolute Gasteiger partial charge is 0.0776 e. The van der Waals surface area contributed by atoms with Gasteiger partial charge in [0.15, 0.2) is 0 Å². The predicted octanol–water partition coefficient (Wildman–Crippen LogP) is 3.24. The Hall–Kier alpha value is -1.06. The Kier molecular flexibility index (Phi) is 4.58. The van der Waals surface area contributed by atoms with Crippen LogP contribution < -0.4 is 5.06 Å². The maximum atomic E-state index is 6.10. The third kappa shape index (κ3) is 3.74. The van der Waals surface area contributed by atoms with Crippen LogP contribution in [0, 0.1) is 12.8 Å². The van der Waals surface area contributed by atoms with Gasteiger partial charge in [0.1, 0.15) is 0 Å². The molecule has 1 saturated heterocycles. The van der Waals surface area contributed by atoms with Gasteiger partial charge in [-0.05, 0) is 63.2 Å². The third-order valence-electron chi connectivity index (χ3n) is 4.37. The van der Waals surface area contributed by atoms with Gasteiger partial charge in [0.25, 0.3) is 0 Å². The number of hydrogen-bond donors (Lipinski definition) is 0. The molecule has 1 aliphatic carbocycles. The maximum Gasteiger partial charge on any atom is 0.0776 e. The number of rotatable bonds is 7. The Balaban J connectivity index is 1.60. The minimum Gasteiger partial charge on any atom is -0.301 e. The van der Waals surface area contributed by atoms with Crippen LogP contribution in [0.15, 0.2) is 24.3 Å². The van der Waals surface area contributed by atoms with E-state index < -0.39 is 0 Å². The molecule has 20 heavy (non-hydrogen) atoms. The van der Waals surface area contributed by atoms with E-state index in [2.05, 4.69) is 41.2 Å². The maximum absolute atomic E-state index is 6.10. The van der Waals surface area contributed by atoms with Crippen molar-refractivity contribution >= 4 is 5.69 Å². The predicted molar refractivity (Wildman–Crippen MR) is 82.9 cm³/mol. The molecule has 3 rings (SSSR count). The minimum absolute atomic E-state index is 0.799. The van der Waals surface area contributed by atoms with Crippen LogP contribution in [0.2, 0.25) is 0 Å². The molecule has 1 saturated carbocycles. The van der Waals surface area contributed by atoms with Crippen LogP contribution in [0.3, 0.4) is 0 Å². The van der Waals surface area contributed by atoms with E-state index in [1.165, 1.54) is 50.0 Å². The van der Waals surface area contributed by atoms with Crippen LogP contribution in [-0.4, -0.2) is 37.7 Å². The van der Waals surface area contributed by atoms with Crippen LogP contribution in [-0.2, 0) is 4.84 Å². The van der Waals surface area contributed by atoms with Gasteiger partial charge in [-0.15, -0.1) is 0 Å². The molecular weight excluding hydrogens is 248 g/mol. The summed E-state index contributed by atoms with van der Waals surface area (Å²) >= 11 is 0. The first-order chi connectivity index (χ1) is 9.83. The normalized spacial score (nSPS) is 19.4. The van der Waals surface area contributed by atoms with Gasteiger partial charge in [-0.1, -0.05) is 18.2 Å². The van der Waals surface area contributed by atoms with Gasteiger partial charge in [-0.2, -0.15) is 0 Å². The lowest BCUT2D eigenvalue weighted by Gasteiger charge is -2.27. The standard InChI is InChI=1S/C17H26N2O/c1-15-6-2-3-7-17(15)19(20-14-16-8-9-16)13-12-18-10-4-5-11-18/h2-3,6-7,16H,4-5,8-14H2,1H3. The van der Waals surface area contributed by atoms with Crippen molar-refractivity contribution in [1.82, 2.24) is 4.90 Å². The molecule has 0 amide bonds. The molecule has 3 nitrogen and oxygen atoms in total. The Morgan fingerprint density at radius 3 is 2.65 bits per heavy atom. The molecule has 3 heteroatoms. The highest BCUT2D eigenvalue weighted by atomic mass is 16.7. The molecule has 0 N–H and O–H groups in total. The second-order valence-corrected chi connectivity index (χ2v) is 6.18. The molecule has 1 heterocycles. The lowest BCUT2D eigenvalue weighted by molar-refractivity contribution is 0.0934. The molecule has 1 aliphatic heterocycles. The van der Waals surface area contributed by atoms with E-state index >= 15 is 0 Å². The SMILES string of the molecule is Cc1ccccc1N(CCN1CCCC1)OCC1CC1. The molecule has 2 fully saturated rings. The second kappa shape index (κ2) is 6.59. The number of aryl methyl sites for hydroxylation is 1. The zero-order valence-corrected chi connectivity index (χ0v) is 12.6. The molecule has 0 unspecified atom stereocenters. The molecule has 1 aromatic rings. The highest BCUT2D eigenvalue weighted by Gasteiger charge is 2.23. The van der Waals surface area contributed by atoms with E-state index in [1.807, 2.05) is 0 Å². The van der Waals surface area contributed by atoms with Crippen molar-refractivity contribution in [2.75, 3.05) is 37.8 Å². The van der Waals surface area contributed by atoms with Crippen molar-refractivity contribution in [1.29, 1.82) is 0 Å². The zero-order valence-electron chi connectivity index (χ0n) is 12.6. The average Bonchev–Trinajstić information content (AvgIpc) is 3.14. The summed E-state index contributed by atoms with van der Waals surface area (Å²) in [5, 5.41) is 2.13. The summed E-state index contributed by atoms with van der Waals surface area (Å²) in [6.07, 6.45) is 5.39. The Morgan fingerprint density at radius 2 is 1.95 bits per heavy atom. The first kappa shape index (κ1) is 13.9. The van der Waals surface area contributed by atoms with E-state index in [0.29, 0.717) is 0 Å². The highest BCUT2D eigenvalue weighted by molar-refractivity contribution is 5.50. The number of likely N-dealkylation sites (tertiary alicyclic amines) is 1. The fourth-order valence-corrected chi connectivity index (χ4v) is 2.82. The highest BCUT2D eigenvalue weighted by Crippen LogP contribution is 2.30. The van der Waals surface area contributed by atoms with Crippen molar-refractivity contribution in [2.45, 2.75) is 32.6 Å². The van der Waals surface area contributed by atoms with E-state index in [0.717, 1.165) is 25.6 Å². The van der Waals surface area contributed by atoms with E-state index in [9.17, 15) is 0 Å². The van der Waals surface area contributed by atoms with Crippen LogP contribution in [0.5, 0.6) is 0 Å². The topological polar surface area (TPSA) is 15.7 Å². The number of nitrogens with zero attached hydrogens (tertiary/aromatic N) is 2. The number of hydrogen-bond acceptors (Lipinski definition) is 3. The number of para-hydroxylation sites is 1. The van der Waals surface area contributed by atoms with Gasteiger partial charge >= 0.3 is 0 Å². The molecule has 0 radical (unpaired) electrons. The van der Waals surface area contributed by atoms with Gasteiger partial charge < -0.3 is 4.90 Å². The largest absolute Gasteiger partial charge is 0.301 e. The van der Waals surface area contributed by atoms with Crippen LogP contribution >= 0.6 is 0 Å². The van der Waals surface area contributed by atoms with Gasteiger partial charge in [-0.25, -0.2) is 0 Å². The fraction of sp³-hybridized carbons (Fsp3) is 0.647. The third-order valence-corrected chi connectivity index (χ3v) is 4.37. The molecule has 2 aliphatic rings. The monoisotopic (exact) mass is 274 g/mol. The van der Waals surface area contributed by atoms with Crippen LogP contribution in [0.4, 0.5) is 5.69 Å². The van der Waals surface area contributed by atoms with E-state index in [4.69, 9.17) is 4.84 Å². The molecule has 0 spiro atoms. The number of hydroxylamine groups is 1. The first-order valence-electron chi connectivity index (χ1n) is 8.01. The van der Waals surface area contributed by atoms with Gasteiger partial charge in [0.2, 0.25) is 0 Å². The first-order valence-corrected chi connectivity index (χ1v) is 8.01. The second-order valence-electron chi connectivity index (χ2n) is 6.18. The Labute approximate surface area is 122 Å². The minimum atomic E-state index is 0.799. The molecule has 0 bridgehead atoms. The Morgan fingerprint density at radius 1 is 1.20 bits per heavy atom. The average molecular weight is 274 g/mol. The Bertz CT molecular complexity index is 425. The summed E-state index contributed by atoms with van der Waals surface area (Å²) < 4.78 is 0. The summed E-state index contributed by atoms with van der Waals surface area (Å²) in [5.41, 5.74) is 2.53. The quantitative estimate of drug-likeness (QED) is 0.710. The molecule has 110 valence electrons. The zero-order chi connectivity index (χ0) is 13.8. The van der Waals surface area contributed by atoms with Crippen molar-refractivity contribution in [3.05, 3.63) is 29.8 Å². The van der Waals surface area contributed by atoms with Crippen molar-refractivity contribution in [3.63, 3.8) is 0 Å². The number of anilines is 1. The van der Waals surface area contributed by atoms with Crippen LogP contribution in [0.25, 0.3) is 0 Å². The lowest BCUT2D eigenvalue weighted by Crippen LogP contribution is -2.34. The van der Waals surface area contributed by atoms with Gasteiger partial charge in [0.05, 0.1) is 18.8 Å². The van der Waals surface area contributed by atoms with Crippen molar-refractivity contribution < 1.29 is 4.84 Å². The molecule has 1 aromatic carbocycles. The van der Waals surface area contributed by atoms with Crippen molar-refractivity contribution in [2.24, 2.45) is 5.92 Å². The number of benzene rings is 1. The summed E-state index contributed by atoms with van der Waals surface area (Å²) in [6, 6.07) is 8.54. The molecule has 0 aromatic heterocycles. The van der Waals surface area contributed by atoms with Crippen molar-refractivity contribution in [3.8, 4) is 0 Å². The lowest BCUT2D eigenvalue weighted by atomic mass is 10.2. The van der Waals surface area contributed by atoms with Gasteiger partial charge in [-0.3, -0.25) is 9.90 Å². The summed E-state index contributed by atoms with van der Waals surface area (Å²) in [6.45, 7) is 7.64. The van der Waals surface area contributed by atoms with E-state index in [-0.39, 0.29) is 0 Å². The summed E-state index contributed by atoms with van der Waals surface area (Å²) in [4.78, 5) is 8.65. The molecule has 0 atom stereocenters. The summed E-state index contributed by atoms with van der Waals surface area (Å²) in [7, 11) is 0. The summed E-state index contributed by atoms with van der Waals surface area (Å²) in [5.74, 6) is 0.799.